The fraction of sp³-hybridized carbons (Fsp3) is 0.222. The summed E-state index contributed by atoms with van der Waals surface area (Å²) in [5.41, 5.74) is 0.919. The minimum Gasteiger partial charge on any atom is -0.332 e. The molecule has 2 heterocycles. The number of nitrogens with zero attached hydrogens (tertiary/aromatic N) is 2. The van der Waals surface area contributed by atoms with Crippen LogP contribution in [-0.2, 0) is 12.4 Å². The number of rotatable bonds is 3. The summed E-state index contributed by atoms with van der Waals surface area (Å²) in [6, 6.07) is 4.16. The number of alkyl halides is 1. The van der Waals surface area contributed by atoms with Crippen LogP contribution in [0.5, 0.6) is 0 Å². The summed E-state index contributed by atoms with van der Waals surface area (Å²) in [6.45, 7) is 0.861. The van der Waals surface area contributed by atoms with Crippen LogP contribution in [0.1, 0.15) is 10.6 Å². The predicted octanol–water partition coefficient (Wildman–Crippen LogP) is 3.49. The molecule has 0 aliphatic heterocycles. The molecule has 0 spiro atoms. The van der Waals surface area contributed by atoms with Gasteiger partial charge in [-0.2, -0.15) is 0 Å². The number of imidazole rings is 1. The maximum absolute atomic E-state index is 5.67. The lowest BCUT2D eigenvalue weighted by Crippen LogP contribution is -1.92. The van der Waals surface area contributed by atoms with Crippen molar-refractivity contribution in [3.05, 3.63) is 39.0 Å². The van der Waals surface area contributed by atoms with Crippen molar-refractivity contribution in [1.82, 2.24) is 9.55 Å². The van der Waals surface area contributed by atoms with Gasteiger partial charge in [0.2, 0.25) is 0 Å². The number of hydrogen-bond acceptors (Lipinski definition) is 2. The van der Waals surface area contributed by atoms with Crippen molar-refractivity contribution in [3.8, 4) is 0 Å². The van der Waals surface area contributed by atoms with Gasteiger partial charge in [0.05, 0.1) is 28.2 Å². The van der Waals surface area contributed by atoms with Crippen LogP contribution in [0.3, 0.4) is 0 Å². The summed E-state index contributed by atoms with van der Waals surface area (Å²) in [4.78, 5) is 5.46. The lowest BCUT2D eigenvalue weighted by atomic mass is 10.4. The normalized spacial score (nSPS) is 10.7. The van der Waals surface area contributed by atoms with Gasteiger partial charge < -0.3 is 4.57 Å². The first-order valence-electron chi connectivity index (χ1n) is 4.09. The first-order chi connectivity index (χ1) is 6.78. The zero-order chi connectivity index (χ0) is 9.97. The van der Waals surface area contributed by atoms with Crippen LogP contribution < -0.4 is 0 Å². The van der Waals surface area contributed by atoms with E-state index in [1.165, 1.54) is 4.88 Å². The number of hydrogen-bond donors (Lipinski definition) is 0. The lowest BCUT2D eigenvalue weighted by molar-refractivity contribution is 0.809. The molecule has 0 N–H and O–H groups in total. The molecule has 74 valence electrons. The molecule has 0 aliphatic rings. The van der Waals surface area contributed by atoms with Crippen molar-refractivity contribution in [2.45, 2.75) is 12.4 Å². The molecule has 0 unspecified atom stereocenters. The van der Waals surface area contributed by atoms with E-state index in [0.29, 0.717) is 5.88 Å². The molecule has 0 saturated heterocycles. The molecule has 2 aromatic rings. The zero-order valence-corrected chi connectivity index (χ0v) is 10.4. The number of thiophene rings is 1. The van der Waals surface area contributed by atoms with Gasteiger partial charge in [-0.1, -0.05) is 0 Å². The Morgan fingerprint density at radius 1 is 1.50 bits per heavy atom. The second-order valence-electron chi connectivity index (χ2n) is 2.88. The highest BCUT2D eigenvalue weighted by atomic mass is 79.9. The van der Waals surface area contributed by atoms with Crippen molar-refractivity contribution >= 4 is 38.9 Å². The van der Waals surface area contributed by atoms with E-state index in [-0.39, 0.29) is 0 Å². The van der Waals surface area contributed by atoms with Crippen LogP contribution in [0.2, 0.25) is 0 Å². The van der Waals surface area contributed by atoms with E-state index in [4.69, 9.17) is 11.6 Å². The SMILES string of the molecule is ClCc1cn(Cc2ccc(Br)s2)cn1. The summed E-state index contributed by atoms with van der Waals surface area (Å²) >= 11 is 10.8. The first-order valence-corrected chi connectivity index (χ1v) is 6.23. The van der Waals surface area contributed by atoms with E-state index in [9.17, 15) is 0 Å². The van der Waals surface area contributed by atoms with E-state index in [1.54, 1.807) is 11.3 Å². The van der Waals surface area contributed by atoms with Crippen LogP contribution in [0, 0.1) is 0 Å². The van der Waals surface area contributed by atoms with Crippen molar-refractivity contribution in [3.63, 3.8) is 0 Å². The van der Waals surface area contributed by atoms with E-state index in [0.717, 1.165) is 16.0 Å². The molecule has 0 radical (unpaired) electrons. The molecule has 0 fully saturated rings. The molecule has 5 heteroatoms. The third kappa shape index (κ3) is 2.38. The van der Waals surface area contributed by atoms with E-state index < -0.39 is 0 Å². The molecule has 0 aromatic carbocycles. The molecule has 0 saturated carbocycles. The third-order valence-electron chi connectivity index (χ3n) is 1.79. The molecule has 2 nitrogen and oxygen atoms in total. The largest absolute Gasteiger partial charge is 0.332 e. The smallest absolute Gasteiger partial charge is 0.0953 e. The van der Waals surface area contributed by atoms with Crippen LogP contribution in [0.25, 0.3) is 0 Å². The standard InChI is InChI=1S/C9H8BrClN2S/c10-9-2-1-8(14-9)5-13-4-7(3-11)12-6-13/h1-2,4,6H,3,5H2. The van der Waals surface area contributed by atoms with Crippen molar-refractivity contribution in [2.24, 2.45) is 0 Å². The monoisotopic (exact) mass is 290 g/mol. The molecule has 2 aromatic heterocycles. The quantitative estimate of drug-likeness (QED) is 0.792. The first kappa shape index (κ1) is 10.2. The third-order valence-corrected chi connectivity index (χ3v) is 3.67. The average Bonchev–Trinajstić information content (AvgIpc) is 2.76. The highest BCUT2D eigenvalue weighted by molar-refractivity contribution is 9.11. The topological polar surface area (TPSA) is 17.8 Å². The summed E-state index contributed by atoms with van der Waals surface area (Å²) in [7, 11) is 0. The average molecular weight is 292 g/mol. The summed E-state index contributed by atoms with van der Waals surface area (Å²) < 4.78 is 3.20. The summed E-state index contributed by atoms with van der Waals surface area (Å²) in [6.07, 6.45) is 3.78. The molecule has 0 amide bonds. The van der Waals surface area contributed by atoms with Gasteiger partial charge in [0.15, 0.2) is 0 Å². The summed E-state index contributed by atoms with van der Waals surface area (Å²) in [5, 5.41) is 0. The molecule has 14 heavy (non-hydrogen) atoms. The molecule has 2 rings (SSSR count). The lowest BCUT2D eigenvalue weighted by Gasteiger charge is -1.96. The fourth-order valence-corrected chi connectivity index (χ4v) is 2.81. The molecule has 0 atom stereocenters. The maximum Gasteiger partial charge on any atom is 0.0953 e. The number of halogens is 2. The van der Waals surface area contributed by atoms with E-state index in [2.05, 4.69) is 33.0 Å². The molecule has 0 bridgehead atoms. The van der Waals surface area contributed by atoms with Crippen LogP contribution in [-0.4, -0.2) is 9.55 Å². The van der Waals surface area contributed by atoms with Gasteiger partial charge >= 0.3 is 0 Å². The maximum atomic E-state index is 5.67. The molecule has 0 aliphatic carbocycles. The van der Waals surface area contributed by atoms with E-state index >= 15 is 0 Å². The minimum atomic E-state index is 0.473. The predicted molar refractivity (Wildman–Crippen MR) is 62.9 cm³/mol. The van der Waals surface area contributed by atoms with Crippen molar-refractivity contribution < 1.29 is 0 Å². The van der Waals surface area contributed by atoms with Gasteiger partial charge in [0.1, 0.15) is 0 Å². The van der Waals surface area contributed by atoms with Gasteiger partial charge in [0.25, 0.3) is 0 Å². The highest BCUT2D eigenvalue weighted by Gasteiger charge is 2.00. The van der Waals surface area contributed by atoms with E-state index in [1.807, 2.05) is 17.1 Å². The zero-order valence-electron chi connectivity index (χ0n) is 7.28. The second kappa shape index (κ2) is 4.47. The summed E-state index contributed by atoms with van der Waals surface area (Å²) in [5.74, 6) is 0.473. The fourth-order valence-electron chi connectivity index (χ4n) is 1.18. The Balaban J connectivity index is 2.10. The van der Waals surface area contributed by atoms with Crippen LogP contribution in [0.4, 0.5) is 0 Å². The van der Waals surface area contributed by atoms with Gasteiger partial charge in [-0.05, 0) is 28.1 Å². The van der Waals surface area contributed by atoms with Gasteiger partial charge in [0, 0.05) is 11.1 Å². The Bertz CT molecular complexity index is 424. The highest BCUT2D eigenvalue weighted by Crippen LogP contribution is 2.22. The van der Waals surface area contributed by atoms with Crippen molar-refractivity contribution in [2.75, 3.05) is 0 Å². The Hall–Kier alpha value is -0.320. The Kier molecular flexibility index (Phi) is 3.26. The van der Waals surface area contributed by atoms with Crippen LogP contribution in [0.15, 0.2) is 28.4 Å². The Labute approximate surface area is 99.7 Å². The van der Waals surface area contributed by atoms with Gasteiger partial charge in [-0.15, -0.1) is 22.9 Å². The minimum absolute atomic E-state index is 0.473. The molecular formula is C9H8BrClN2S. The van der Waals surface area contributed by atoms with Crippen LogP contribution >= 0.6 is 38.9 Å². The molecular weight excluding hydrogens is 284 g/mol. The van der Waals surface area contributed by atoms with Gasteiger partial charge in [-0.3, -0.25) is 0 Å². The van der Waals surface area contributed by atoms with Crippen molar-refractivity contribution in [1.29, 1.82) is 0 Å². The Morgan fingerprint density at radius 3 is 2.93 bits per heavy atom. The number of aromatic nitrogens is 2. The Morgan fingerprint density at radius 2 is 2.36 bits per heavy atom. The second-order valence-corrected chi connectivity index (χ2v) is 5.69. The van der Waals surface area contributed by atoms with Gasteiger partial charge in [-0.25, -0.2) is 4.98 Å².